The predicted octanol–water partition coefficient (Wildman–Crippen LogP) is 2.34. The maximum atomic E-state index is 6.37. The summed E-state index contributed by atoms with van der Waals surface area (Å²) in [4.78, 5) is 4.14. The van der Waals surface area contributed by atoms with Gasteiger partial charge in [0.25, 0.3) is 0 Å². The van der Waals surface area contributed by atoms with Crippen molar-refractivity contribution in [3.8, 4) is 0 Å². The molecule has 1 atom stereocenters. The predicted molar refractivity (Wildman–Crippen MR) is 74.8 cm³/mol. The van der Waals surface area contributed by atoms with Crippen LogP contribution in [0, 0.1) is 0 Å². The first kappa shape index (κ1) is 11.9. The minimum Gasteiger partial charge on any atom is -0.320 e. The molecule has 4 heteroatoms. The topological polar surface area (TPSA) is 56.2 Å². The molecule has 96 valence electrons. The van der Waals surface area contributed by atoms with Gasteiger partial charge in [-0.2, -0.15) is 5.10 Å². The van der Waals surface area contributed by atoms with E-state index < -0.39 is 0 Å². The van der Waals surface area contributed by atoms with Gasteiger partial charge >= 0.3 is 0 Å². The van der Waals surface area contributed by atoms with Gasteiger partial charge in [0.05, 0.1) is 24.0 Å². The summed E-state index contributed by atoms with van der Waals surface area (Å²) in [6.45, 7) is 2.14. The number of fused-ring (bicyclic) bond motifs is 1. The molecule has 19 heavy (non-hydrogen) atoms. The second-order valence-electron chi connectivity index (χ2n) is 4.58. The van der Waals surface area contributed by atoms with E-state index in [1.54, 1.807) is 16.9 Å². The zero-order chi connectivity index (χ0) is 13.2. The molecule has 4 nitrogen and oxygen atoms in total. The van der Waals surface area contributed by atoms with Gasteiger partial charge in [0, 0.05) is 18.0 Å². The smallest absolute Gasteiger partial charge is 0.0896 e. The molecule has 2 heterocycles. The summed E-state index contributed by atoms with van der Waals surface area (Å²) in [5.74, 6) is 0. The van der Waals surface area contributed by atoms with Crippen LogP contribution in [0.4, 0.5) is 0 Å². The lowest BCUT2D eigenvalue weighted by Crippen LogP contribution is -2.11. The maximum absolute atomic E-state index is 6.37. The molecule has 0 amide bonds. The van der Waals surface area contributed by atoms with Crippen LogP contribution in [-0.4, -0.2) is 14.6 Å². The maximum Gasteiger partial charge on any atom is 0.0896 e. The molecule has 0 aliphatic heterocycles. The Hall–Kier alpha value is -2.20. The van der Waals surface area contributed by atoms with Crippen molar-refractivity contribution in [3.05, 3.63) is 65.7 Å². The molecule has 2 aromatic heterocycles. The van der Waals surface area contributed by atoms with E-state index in [2.05, 4.69) is 41.3 Å². The molecule has 0 fully saturated rings. The highest BCUT2D eigenvalue weighted by Crippen LogP contribution is 2.23. The van der Waals surface area contributed by atoms with Gasteiger partial charge in [0.1, 0.15) is 0 Å². The summed E-state index contributed by atoms with van der Waals surface area (Å²) in [5, 5.41) is 4.30. The van der Waals surface area contributed by atoms with Crippen LogP contribution in [0.3, 0.4) is 0 Å². The number of aryl methyl sites for hydroxylation is 1. The highest BCUT2D eigenvalue weighted by atomic mass is 15.2. The molecular formula is C15H16N4. The molecule has 0 aliphatic carbocycles. The third kappa shape index (κ3) is 2.11. The SMILES string of the molecule is CCc1cccc(C(N)c2cnn3ccncc23)c1. The van der Waals surface area contributed by atoms with E-state index in [-0.39, 0.29) is 6.04 Å². The van der Waals surface area contributed by atoms with Crippen LogP contribution in [0.25, 0.3) is 5.52 Å². The summed E-state index contributed by atoms with van der Waals surface area (Å²) < 4.78 is 1.80. The third-order valence-electron chi connectivity index (χ3n) is 3.41. The number of benzene rings is 1. The van der Waals surface area contributed by atoms with Gasteiger partial charge in [-0.15, -0.1) is 0 Å². The molecule has 1 aromatic carbocycles. The first-order valence-corrected chi connectivity index (χ1v) is 6.41. The first-order valence-electron chi connectivity index (χ1n) is 6.41. The van der Waals surface area contributed by atoms with Crippen LogP contribution < -0.4 is 5.73 Å². The average molecular weight is 252 g/mol. The van der Waals surface area contributed by atoms with Gasteiger partial charge in [0.2, 0.25) is 0 Å². The normalized spacial score (nSPS) is 12.7. The molecule has 0 spiro atoms. The molecule has 3 rings (SSSR count). The minimum atomic E-state index is -0.173. The van der Waals surface area contributed by atoms with Gasteiger partial charge < -0.3 is 5.73 Å². The molecule has 0 radical (unpaired) electrons. The standard InChI is InChI=1S/C15H16N4/c1-2-11-4-3-5-12(8-11)15(16)13-9-18-19-7-6-17-10-14(13)19/h3-10,15H,2,16H2,1H3. The molecule has 0 bridgehead atoms. The number of rotatable bonds is 3. The molecule has 1 unspecified atom stereocenters. The number of nitrogens with zero attached hydrogens (tertiary/aromatic N) is 3. The van der Waals surface area contributed by atoms with Crippen molar-refractivity contribution in [2.45, 2.75) is 19.4 Å². The second kappa shape index (κ2) is 4.82. The third-order valence-corrected chi connectivity index (χ3v) is 3.41. The van der Waals surface area contributed by atoms with Crippen molar-refractivity contribution >= 4 is 5.52 Å². The number of nitrogens with two attached hydrogens (primary N) is 1. The molecular weight excluding hydrogens is 236 g/mol. The molecule has 3 aromatic rings. The van der Waals surface area contributed by atoms with Crippen LogP contribution in [-0.2, 0) is 6.42 Å². The lowest BCUT2D eigenvalue weighted by Gasteiger charge is -2.12. The number of hydrogen-bond acceptors (Lipinski definition) is 3. The van der Waals surface area contributed by atoms with Gasteiger partial charge in [-0.3, -0.25) is 4.98 Å². The monoisotopic (exact) mass is 252 g/mol. The quantitative estimate of drug-likeness (QED) is 0.778. The summed E-state index contributed by atoms with van der Waals surface area (Å²) >= 11 is 0. The summed E-state index contributed by atoms with van der Waals surface area (Å²) in [5.41, 5.74) is 10.7. The Morgan fingerprint density at radius 2 is 2.21 bits per heavy atom. The van der Waals surface area contributed by atoms with Crippen molar-refractivity contribution in [1.29, 1.82) is 0 Å². The van der Waals surface area contributed by atoms with E-state index in [9.17, 15) is 0 Å². The van der Waals surface area contributed by atoms with E-state index in [1.807, 2.05) is 12.4 Å². The van der Waals surface area contributed by atoms with Crippen molar-refractivity contribution in [3.63, 3.8) is 0 Å². The fourth-order valence-corrected chi connectivity index (χ4v) is 2.28. The van der Waals surface area contributed by atoms with Crippen LogP contribution in [0.2, 0.25) is 0 Å². The fourth-order valence-electron chi connectivity index (χ4n) is 2.28. The van der Waals surface area contributed by atoms with Crippen molar-refractivity contribution in [1.82, 2.24) is 14.6 Å². The van der Waals surface area contributed by atoms with Gasteiger partial charge in [-0.05, 0) is 17.5 Å². The Balaban J connectivity index is 2.05. The summed E-state index contributed by atoms with van der Waals surface area (Å²) in [6, 6.07) is 8.22. The highest BCUT2D eigenvalue weighted by molar-refractivity contribution is 5.55. The van der Waals surface area contributed by atoms with Gasteiger partial charge in [-0.25, -0.2) is 4.52 Å². The second-order valence-corrected chi connectivity index (χ2v) is 4.58. The Morgan fingerprint density at radius 1 is 1.32 bits per heavy atom. The fraction of sp³-hybridized carbons (Fsp3) is 0.200. The number of aromatic nitrogens is 3. The van der Waals surface area contributed by atoms with E-state index in [4.69, 9.17) is 5.73 Å². The van der Waals surface area contributed by atoms with E-state index in [0.29, 0.717) is 0 Å². The van der Waals surface area contributed by atoms with Gasteiger partial charge in [-0.1, -0.05) is 31.2 Å². The van der Waals surface area contributed by atoms with Crippen LogP contribution in [0.1, 0.15) is 29.7 Å². The van der Waals surface area contributed by atoms with E-state index >= 15 is 0 Å². The summed E-state index contributed by atoms with van der Waals surface area (Å²) in [7, 11) is 0. The zero-order valence-corrected chi connectivity index (χ0v) is 10.8. The Bertz CT molecular complexity index is 702. The molecule has 0 aliphatic rings. The highest BCUT2D eigenvalue weighted by Gasteiger charge is 2.14. The molecule has 2 N–H and O–H groups in total. The Morgan fingerprint density at radius 3 is 3.05 bits per heavy atom. The largest absolute Gasteiger partial charge is 0.320 e. The minimum absolute atomic E-state index is 0.173. The lowest BCUT2D eigenvalue weighted by atomic mass is 9.98. The van der Waals surface area contributed by atoms with E-state index in [0.717, 1.165) is 23.1 Å². The van der Waals surface area contributed by atoms with Crippen LogP contribution >= 0.6 is 0 Å². The first-order chi connectivity index (χ1) is 9.29. The van der Waals surface area contributed by atoms with Crippen molar-refractivity contribution in [2.24, 2.45) is 5.73 Å². The van der Waals surface area contributed by atoms with Gasteiger partial charge in [0.15, 0.2) is 0 Å². The number of hydrogen-bond donors (Lipinski definition) is 1. The molecule has 0 saturated carbocycles. The average Bonchev–Trinajstić information content (AvgIpc) is 2.90. The Labute approximate surface area is 111 Å². The van der Waals surface area contributed by atoms with Crippen molar-refractivity contribution in [2.75, 3.05) is 0 Å². The van der Waals surface area contributed by atoms with E-state index in [1.165, 1.54) is 5.56 Å². The van der Waals surface area contributed by atoms with Crippen LogP contribution in [0.15, 0.2) is 49.1 Å². The lowest BCUT2D eigenvalue weighted by molar-refractivity contribution is 0.875. The zero-order valence-electron chi connectivity index (χ0n) is 10.8. The van der Waals surface area contributed by atoms with Crippen molar-refractivity contribution < 1.29 is 0 Å². The molecule has 0 saturated heterocycles. The van der Waals surface area contributed by atoms with Crippen LogP contribution in [0.5, 0.6) is 0 Å². The Kier molecular flexibility index (Phi) is 3.01. The summed E-state index contributed by atoms with van der Waals surface area (Å²) in [6.07, 6.45) is 8.17.